The van der Waals surface area contributed by atoms with E-state index in [1.807, 2.05) is 24.3 Å². The second kappa shape index (κ2) is 8.30. The summed E-state index contributed by atoms with van der Waals surface area (Å²) < 4.78 is 5.45. The van der Waals surface area contributed by atoms with E-state index in [9.17, 15) is 14.4 Å². The third kappa shape index (κ3) is 4.14. The number of nitrogens with zero attached hydrogens (tertiary/aromatic N) is 3. The molecule has 1 aliphatic carbocycles. The molecule has 1 spiro atoms. The molecule has 2 saturated heterocycles. The van der Waals surface area contributed by atoms with Gasteiger partial charge in [-0.3, -0.25) is 14.5 Å². The fourth-order valence-electron chi connectivity index (χ4n) is 5.97. The lowest BCUT2D eigenvalue weighted by atomic mass is 9.64. The Balaban J connectivity index is 1.38. The monoisotopic (exact) mass is 442 g/mol. The average molecular weight is 443 g/mol. The normalized spacial score (nSPS) is 27.6. The fourth-order valence-corrected chi connectivity index (χ4v) is 5.97. The minimum Gasteiger partial charge on any atom is -0.495 e. The maximum atomic E-state index is 13.3. The van der Waals surface area contributed by atoms with Crippen LogP contribution >= 0.6 is 0 Å². The molecule has 8 nitrogen and oxygen atoms in total. The maximum Gasteiger partial charge on any atom is 0.325 e. The number of nitrogens with one attached hydrogen (secondary N) is 1. The third-order valence-electron chi connectivity index (χ3n) is 6.98. The summed E-state index contributed by atoms with van der Waals surface area (Å²) in [5, 5.41) is 2.95. The highest BCUT2D eigenvalue weighted by molar-refractivity contribution is 6.09. The van der Waals surface area contributed by atoms with Crippen molar-refractivity contribution in [3.8, 4) is 5.75 Å². The van der Waals surface area contributed by atoms with Crippen LogP contribution in [0.15, 0.2) is 24.3 Å². The first kappa shape index (κ1) is 22.4. The van der Waals surface area contributed by atoms with Crippen molar-refractivity contribution in [2.24, 2.45) is 11.3 Å². The van der Waals surface area contributed by atoms with Gasteiger partial charge in [0.1, 0.15) is 17.8 Å². The van der Waals surface area contributed by atoms with E-state index in [1.165, 1.54) is 0 Å². The molecule has 174 valence electrons. The van der Waals surface area contributed by atoms with Crippen molar-refractivity contribution in [1.29, 1.82) is 0 Å². The molecule has 2 unspecified atom stereocenters. The van der Waals surface area contributed by atoms with Crippen molar-refractivity contribution in [2.75, 3.05) is 44.7 Å². The van der Waals surface area contributed by atoms with Gasteiger partial charge in [-0.2, -0.15) is 0 Å². The zero-order valence-corrected chi connectivity index (χ0v) is 19.5. The summed E-state index contributed by atoms with van der Waals surface area (Å²) >= 11 is 0. The Morgan fingerprint density at radius 1 is 1.12 bits per heavy atom. The quantitative estimate of drug-likeness (QED) is 0.725. The molecule has 1 aromatic carbocycles. The highest BCUT2D eigenvalue weighted by Gasteiger charge is 2.56. The minimum atomic E-state index is -0.874. The van der Waals surface area contributed by atoms with Gasteiger partial charge in [0.2, 0.25) is 5.91 Å². The summed E-state index contributed by atoms with van der Waals surface area (Å²) in [7, 11) is 1.65. The smallest absolute Gasteiger partial charge is 0.325 e. The highest BCUT2D eigenvalue weighted by Crippen LogP contribution is 2.46. The Kier molecular flexibility index (Phi) is 5.81. The van der Waals surface area contributed by atoms with Crippen LogP contribution in [0.3, 0.4) is 0 Å². The van der Waals surface area contributed by atoms with Gasteiger partial charge in [-0.05, 0) is 42.7 Å². The number of ether oxygens (including phenoxy) is 1. The zero-order valence-electron chi connectivity index (χ0n) is 19.5. The van der Waals surface area contributed by atoms with Crippen LogP contribution < -0.4 is 15.0 Å². The van der Waals surface area contributed by atoms with Crippen molar-refractivity contribution in [2.45, 2.75) is 45.6 Å². The Hall–Kier alpha value is -2.77. The first-order valence-electron chi connectivity index (χ1n) is 11.4. The van der Waals surface area contributed by atoms with E-state index >= 15 is 0 Å². The van der Waals surface area contributed by atoms with Crippen molar-refractivity contribution in [3.05, 3.63) is 24.3 Å². The lowest BCUT2D eigenvalue weighted by molar-refractivity contribution is -0.140. The standard InChI is InChI=1S/C24H34N4O4/c1-17-13-23(2,3)16-24(14-17)21(30)28(22(31)25-24)15-20(29)27-11-9-26(10-12-27)18-7-5-6-8-19(18)32-4/h5-8,17H,9-16H2,1-4H3,(H,25,31). The van der Waals surface area contributed by atoms with Gasteiger partial charge in [-0.25, -0.2) is 4.79 Å². The SMILES string of the molecule is COc1ccccc1N1CCN(C(=O)CN2C(=O)NC3(CC(C)CC(C)(C)C3)C2=O)CC1. The average Bonchev–Trinajstić information content (AvgIpc) is 2.95. The molecule has 2 atom stereocenters. The molecule has 32 heavy (non-hydrogen) atoms. The maximum absolute atomic E-state index is 13.3. The summed E-state index contributed by atoms with van der Waals surface area (Å²) in [6.45, 7) is 8.61. The molecule has 3 fully saturated rings. The molecule has 2 heterocycles. The number of urea groups is 1. The van der Waals surface area contributed by atoms with E-state index < -0.39 is 11.6 Å². The largest absolute Gasteiger partial charge is 0.495 e. The summed E-state index contributed by atoms with van der Waals surface area (Å²) in [6, 6.07) is 7.39. The van der Waals surface area contributed by atoms with Crippen LogP contribution in [-0.4, -0.2) is 73.0 Å². The van der Waals surface area contributed by atoms with Gasteiger partial charge < -0.3 is 19.9 Å². The van der Waals surface area contributed by atoms with E-state index in [0.29, 0.717) is 44.9 Å². The van der Waals surface area contributed by atoms with Crippen LogP contribution in [0.5, 0.6) is 5.75 Å². The van der Waals surface area contributed by atoms with Gasteiger partial charge in [0.15, 0.2) is 0 Å². The van der Waals surface area contributed by atoms with Crippen LogP contribution in [0, 0.1) is 11.3 Å². The number of carbonyl (C=O) groups is 3. The van der Waals surface area contributed by atoms with Crippen LogP contribution in [0.2, 0.25) is 0 Å². The summed E-state index contributed by atoms with van der Waals surface area (Å²) in [4.78, 5) is 44.0. The molecule has 8 heteroatoms. The molecule has 2 aliphatic heterocycles. The van der Waals surface area contributed by atoms with Crippen molar-refractivity contribution >= 4 is 23.5 Å². The van der Waals surface area contributed by atoms with Crippen LogP contribution in [0.4, 0.5) is 10.5 Å². The molecule has 0 radical (unpaired) electrons. The zero-order chi connectivity index (χ0) is 23.1. The highest BCUT2D eigenvalue weighted by atomic mass is 16.5. The number of hydrogen-bond acceptors (Lipinski definition) is 5. The van der Waals surface area contributed by atoms with Gasteiger partial charge in [-0.1, -0.05) is 32.9 Å². The van der Waals surface area contributed by atoms with E-state index in [0.717, 1.165) is 22.8 Å². The molecule has 4 rings (SSSR count). The Bertz CT molecular complexity index is 909. The minimum absolute atomic E-state index is 0.0323. The van der Waals surface area contributed by atoms with Gasteiger partial charge in [0, 0.05) is 26.2 Å². The Morgan fingerprint density at radius 3 is 2.47 bits per heavy atom. The van der Waals surface area contributed by atoms with Crippen molar-refractivity contribution in [1.82, 2.24) is 15.1 Å². The number of imide groups is 1. The topological polar surface area (TPSA) is 82.2 Å². The van der Waals surface area contributed by atoms with Crippen molar-refractivity contribution < 1.29 is 19.1 Å². The molecule has 0 bridgehead atoms. The van der Waals surface area contributed by atoms with E-state index in [4.69, 9.17) is 4.74 Å². The summed E-state index contributed by atoms with van der Waals surface area (Å²) in [6.07, 6.45) is 2.26. The molecule has 1 N–H and O–H groups in total. The molecule has 1 saturated carbocycles. The molecule has 3 aliphatic rings. The van der Waals surface area contributed by atoms with E-state index in [1.54, 1.807) is 12.0 Å². The Morgan fingerprint density at radius 2 is 1.81 bits per heavy atom. The molecule has 4 amide bonds. The summed E-state index contributed by atoms with van der Waals surface area (Å²) in [5.41, 5.74) is 0.100. The number of para-hydroxylation sites is 2. The predicted octanol–water partition coefficient (Wildman–Crippen LogP) is 2.48. The molecule has 0 aromatic heterocycles. The van der Waals surface area contributed by atoms with Gasteiger partial charge in [0.25, 0.3) is 5.91 Å². The van der Waals surface area contributed by atoms with Crippen LogP contribution in [-0.2, 0) is 9.59 Å². The number of anilines is 1. The number of amides is 4. The lowest BCUT2D eigenvalue weighted by Crippen LogP contribution is -2.55. The second-order valence-corrected chi connectivity index (χ2v) is 10.3. The number of methoxy groups -OCH3 is 1. The fraction of sp³-hybridized carbons (Fsp3) is 0.625. The third-order valence-corrected chi connectivity index (χ3v) is 6.98. The number of benzene rings is 1. The second-order valence-electron chi connectivity index (χ2n) is 10.3. The number of carbonyl (C=O) groups excluding carboxylic acids is 3. The van der Waals surface area contributed by atoms with Gasteiger partial charge >= 0.3 is 6.03 Å². The number of hydrogen-bond donors (Lipinski definition) is 1. The van der Waals surface area contributed by atoms with E-state index in [2.05, 4.69) is 31.0 Å². The lowest BCUT2D eigenvalue weighted by Gasteiger charge is -2.43. The first-order valence-corrected chi connectivity index (χ1v) is 11.4. The number of piperazine rings is 1. The van der Waals surface area contributed by atoms with Crippen molar-refractivity contribution in [3.63, 3.8) is 0 Å². The molecular weight excluding hydrogens is 408 g/mol. The van der Waals surface area contributed by atoms with Gasteiger partial charge in [-0.15, -0.1) is 0 Å². The number of rotatable bonds is 4. The molecule has 1 aromatic rings. The van der Waals surface area contributed by atoms with Crippen LogP contribution in [0.25, 0.3) is 0 Å². The van der Waals surface area contributed by atoms with E-state index in [-0.39, 0.29) is 23.8 Å². The van der Waals surface area contributed by atoms with Crippen LogP contribution in [0.1, 0.15) is 40.0 Å². The van der Waals surface area contributed by atoms with Gasteiger partial charge in [0.05, 0.1) is 12.8 Å². The summed E-state index contributed by atoms with van der Waals surface area (Å²) in [5.74, 6) is 0.708. The first-order chi connectivity index (χ1) is 15.1. The predicted molar refractivity (Wildman–Crippen MR) is 122 cm³/mol. The molecular formula is C24H34N4O4. The Labute approximate surface area is 189 Å².